The molecule has 0 bridgehead atoms. The Morgan fingerprint density at radius 2 is 2.10 bits per heavy atom. The second-order valence-corrected chi connectivity index (χ2v) is 4.92. The van der Waals surface area contributed by atoms with Crippen LogP contribution in [0.5, 0.6) is 0 Å². The first-order chi connectivity index (χ1) is 9.49. The normalized spacial score (nSPS) is 19.2. The summed E-state index contributed by atoms with van der Waals surface area (Å²) >= 11 is 0. The zero-order valence-corrected chi connectivity index (χ0v) is 11.2. The zero-order valence-electron chi connectivity index (χ0n) is 11.2. The number of carbonyl (C=O) groups is 2. The average Bonchev–Trinajstić information content (AvgIpc) is 2.88. The Bertz CT molecular complexity index is 568. The number of nitrogens with zero attached hydrogens (tertiary/aromatic N) is 1. The topological polar surface area (TPSA) is 57.6 Å². The van der Waals surface area contributed by atoms with Gasteiger partial charge in [-0.1, -0.05) is 18.2 Å². The highest BCUT2D eigenvalue weighted by molar-refractivity contribution is 5.95. The highest BCUT2D eigenvalue weighted by Crippen LogP contribution is 2.20. The molecule has 1 amide bonds. The van der Waals surface area contributed by atoms with Gasteiger partial charge in [0.15, 0.2) is 0 Å². The van der Waals surface area contributed by atoms with Gasteiger partial charge in [-0.05, 0) is 25.0 Å². The van der Waals surface area contributed by atoms with Crippen LogP contribution in [0, 0.1) is 11.7 Å². The molecule has 1 saturated heterocycles. The van der Waals surface area contributed by atoms with E-state index in [-0.39, 0.29) is 18.3 Å². The van der Waals surface area contributed by atoms with Crippen molar-refractivity contribution in [2.45, 2.75) is 13.3 Å². The van der Waals surface area contributed by atoms with E-state index in [0.29, 0.717) is 24.1 Å². The summed E-state index contributed by atoms with van der Waals surface area (Å²) in [4.78, 5) is 24.4. The van der Waals surface area contributed by atoms with Gasteiger partial charge in [-0.2, -0.15) is 0 Å². The Labute approximate surface area is 116 Å². The van der Waals surface area contributed by atoms with Crippen LogP contribution in [0.4, 0.5) is 4.39 Å². The summed E-state index contributed by atoms with van der Waals surface area (Å²) in [7, 11) is 0. The standard InChI is InChI=1S/C15H16FNO3/c1-10(12-4-2-3-5-13(12)16)8-14(18)17-7-6-11(9-17)15(19)20/h2-5,8,11H,6-7,9H2,1H3,(H,19,20)/b10-8-. The van der Waals surface area contributed by atoms with E-state index in [4.69, 9.17) is 5.11 Å². The molecule has 1 unspecified atom stereocenters. The lowest BCUT2D eigenvalue weighted by Gasteiger charge is -2.14. The minimum Gasteiger partial charge on any atom is -0.481 e. The molecule has 1 fully saturated rings. The third-order valence-corrected chi connectivity index (χ3v) is 3.49. The van der Waals surface area contributed by atoms with Gasteiger partial charge in [0, 0.05) is 24.7 Å². The third kappa shape index (κ3) is 3.04. The van der Waals surface area contributed by atoms with Gasteiger partial charge >= 0.3 is 5.97 Å². The van der Waals surface area contributed by atoms with E-state index in [0.717, 1.165) is 0 Å². The van der Waals surface area contributed by atoms with E-state index < -0.39 is 11.9 Å². The van der Waals surface area contributed by atoms with E-state index in [1.165, 1.54) is 17.0 Å². The fourth-order valence-electron chi connectivity index (χ4n) is 2.30. The molecule has 0 aromatic heterocycles. The fraction of sp³-hybridized carbons (Fsp3) is 0.333. The molecular formula is C15H16FNO3. The number of rotatable bonds is 3. The molecule has 106 valence electrons. The smallest absolute Gasteiger partial charge is 0.308 e. The van der Waals surface area contributed by atoms with Crippen molar-refractivity contribution in [2.75, 3.05) is 13.1 Å². The Morgan fingerprint density at radius 1 is 1.40 bits per heavy atom. The molecule has 1 aliphatic heterocycles. The van der Waals surface area contributed by atoms with Gasteiger partial charge in [0.1, 0.15) is 5.82 Å². The molecule has 0 spiro atoms. The lowest BCUT2D eigenvalue weighted by atomic mass is 10.1. The second kappa shape index (κ2) is 5.86. The van der Waals surface area contributed by atoms with Crippen molar-refractivity contribution in [3.05, 3.63) is 41.7 Å². The van der Waals surface area contributed by atoms with E-state index in [2.05, 4.69) is 0 Å². The molecule has 1 aliphatic rings. The maximum Gasteiger partial charge on any atom is 0.308 e. The van der Waals surface area contributed by atoms with Crippen molar-refractivity contribution >= 4 is 17.4 Å². The number of likely N-dealkylation sites (tertiary alicyclic amines) is 1. The minimum absolute atomic E-state index is 0.217. The predicted molar refractivity (Wildman–Crippen MR) is 72.4 cm³/mol. The van der Waals surface area contributed by atoms with Crippen LogP contribution in [0.3, 0.4) is 0 Å². The molecule has 0 saturated carbocycles. The van der Waals surface area contributed by atoms with Crippen LogP contribution in [0.2, 0.25) is 0 Å². The third-order valence-electron chi connectivity index (χ3n) is 3.49. The van der Waals surface area contributed by atoms with Gasteiger partial charge < -0.3 is 10.0 Å². The number of hydrogen-bond donors (Lipinski definition) is 1. The number of carbonyl (C=O) groups excluding carboxylic acids is 1. The van der Waals surface area contributed by atoms with E-state index in [9.17, 15) is 14.0 Å². The molecule has 2 rings (SSSR count). The maximum atomic E-state index is 13.6. The molecule has 1 heterocycles. The number of benzene rings is 1. The summed E-state index contributed by atoms with van der Waals surface area (Å²) in [5.41, 5.74) is 0.918. The van der Waals surface area contributed by atoms with Gasteiger partial charge in [0.2, 0.25) is 5.91 Å². The summed E-state index contributed by atoms with van der Waals surface area (Å²) in [6, 6.07) is 6.24. The van der Waals surface area contributed by atoms with Crippen molar-refractivity contribution in [1.82, 2.24) is 4.90 Å². The van der Waals surface area contributed by atoms with Crippen LogP contribution in [0.15, 0.2) is 30.3 Å². The first-order valence-electron chi connectivity index (χ1n) is 6.44. The SMILES string of the molecule is C/C(=C/C(=O)N1CCC(C(=O)O)C1)c1ccccc1F. The summed E-state index contributed by atoms with van der Waals surface area (Å²) in [5, 5.41) is 8.91. The molecule has 1 atom stereocenters. The Hall–Kier alpha value is -2.17. The van der Waals surface area contributed by atoms with Crippen molar-refractivity contribution in [3.63, 3.8) is 0 Å². The van der Waals surface area contributed by atoms with Gasteiger partial charge in [0.25, 0.3) is 0 Å². The van der Waals surface area contributed by atoms with Gasteiger partial charge in [-0.25, -0.2) is 4.39 Å². The Balaban J connectivity index is 2.09. The largest absolute Gasteiger partial charge is 0.481 e. The van der Waals surface area contributed by atoms with Crippen LogP contribution in [-0.2, 0) is 9.59 Å². The molecule has 0 aliphatic carbocycles. The van der Waals surface area contributed by atoms with Gasteiger partial charge in [-0.15, -0.1) is 0 Å². The molecule has 1 aromatic carbocycles. The zero-order chi connectivity index (χ0) is 14.7. The van der Waals surface area contributed by atoms with Gasteiger partial charge in [-0.3, -0.25) is 9.59 Å². The summed E-state index contributed by atoms with van der Waals surface area (Å²) in [6.07, 6.45) is 1.83. The monoisotopic (exact) mass is 277 g/mol. The van der Waals surface area contributed by atoms with Crippen LogP contribution < -0.4 is 0 Å². The van der Waals surface area contributed by atoms with E-state index in [1.807, 2.05) is 0 Å². The molecular weight excluding hydrogens is 261 g/mol. The molecule has 1 aromatic rings. The Morgan fingerprint density at radius 3 is 2.70 bits per heavy atom. The molecule has 20 heavy (non-hydrogen) atoms. The second-order valence-electron chi connectivity index (χ2n) is 4.92. The van der Waals surface area contributed by atoms with Crippen LogP contribution in [0.1, 0.15) is 18.9 Å². The molecule has 4 nitrogen and oxygen atoms in total. The highest BCUT2D eigenvalue weighted by atomic mass is 19.1. The number of halogens is 1. The quantitative estimate of drug-likeness (QED) is 0.861. The number of aliphatic carboxylic acids is 1. The summed E-state index contributed by atoms with van der Waals surface area (Å²) in [6.45, 7) is 2.31. The number of hydrogen-bond acceptors (Lipinski definition) is 2. The lowest BCUT2D eigenvalue weighted by molar-refractivity contribution is -0.141. The number of amides is 1. The summed E-state index contributed by atoms with van der Waals surface area (Å²) in [5.74, 6) is -2.02. The van der Waals surface area contributed by atoms with Crippen LogP contribution >= 0.6 is 0 Å². The summed E-state index contributed by atoms with van der Waals surface area (Å²) < 4.78 is 13.6. The predicted octanol–water partition coefficient (Wildman–Crippen LogP) is 2.16. The van der Waals surface area contributed by atoms with Crippen molar-refractivity contribution in [1.29, 1.82) is 0 Å². The first kappa shape index (κ1) is 14.2. The fourth-order valence-corrected chi connectivity index (χ4v) is 2.30. The van der Waals surface area contributed by atoms with Crippen LogP contribution in [0.25, 0.3) is 5.57 Å². The molecule has 1 N–H and O–H groups in total. The number of carboxylic acids is 1. The minimum atomic E-state index is -0.880. The Kier molecular flexibility index (Phi) is 4.17. The van der Waals surface area contributed by atoms with E-state index in [1.54, 1.807) is 25.1 Å². The molecule has 0 radical (unpaired) electrons. The van der Waals surface area contributed by atoms with Crippen molar-refractivity contribution < 1.29 is 19.1 Å². The number of carboxylic acid groups (broad SMARTS) is 1. The first-order valence-corrected chi connectivity index (χ1v) is 6.44. The highest BCUT2D eigenvalue weighted by Gasteiger charge is 2.30. The van der Waals surface area contributed by atoms with Crippen LogP contribution in [-0.4, -0.2) is 35.0 Å². The maximum absolute atomic E-state index is 13.6. The number of allylic oxidation sites excluding steroid dienone is 1. The average molecular weight is 277 g/mol. The van der Waals surface area contributed by atoms with E-state index >= 15 is 0 Å². The molecule has 5 heteroatoms. The van der Waals surface area contributed by atoms with Crippen molar-refractivity contribution in [2.24, 2.45) is 5.92 Å². The van der Waals surface area contributed by atoms with Crippen molar-refractivity contribution in [3.8, 4) is 0 Å². The lowest BCUT2D eigenvalue weighted by Crippen LogP contribution is -2.28. The van der Waals surface area contributed by atoms with Gasteiger partial charge in [0.05, 0.1) is 5.92 Å².